The third-order valence-corrected chi connectivity index (χ3v) is 5.97. The van der Waals surface area contributed by atoms with Gasteiger partial charge in [-0.2, -0.15) is 5.26 Å². The Hall–Kier alpha value is -2.39. The number of carbonyl (C=O) groups excluding carboxylic acids is 1. The molecule has 7 heteroatoms. The lowest BCUT2D eigenvalue weighted by Gasteiger charge is -2.29. The van der Waals surface area contributed by atoms with Gasteiger partial charge in [0.25, 0.3) is 5.91 Å². The fourth-order valence-electron chi connectivity index (χ4n) is 3.87. The maximum Gasteiger partial charge on any atom is 0.251 e. The maximum atomic E-state index is 12.8. The number of nitriles is 1. The SMILES string of the molecule is N#CC1(n2cc([C@@H](NC(=O)c3ccc(Cl)cc3)C3CCCCC3)nn2)CC1. The van der Waals surface area contributed by atoms with Crippen LogP contribution in [0.15, 0.2) is 30.5 Å². The first-order chi connectivity index (χ1) is 13.1. The lowest BCUT2D eigenvalue weighted by atomic mass is 9.82. The van der Waals surface area contributed by atoms with Gasteiger partial charge in [-0.3, -0.25) is 4.79 Å². The standard InChI is InChI=1S/C20H22ClN5O/c21-16-8-6-15(7-9-16)19(27)23-18(14-4-2-1-3-5-14)17-12-26(25-24-17)20(13-22)10-11-20/h6-9,12,14,18H,1-5,10-11H2,(H,23,27)/t18-/m0/s1. The third kappa shape index (κ3) is 3.70. The monoisotopic (exact) mass is 383 g/mol. The number of aromatic nitrogens is 3. The molecule has 1 N–H and O–H groups in total. The quantitative estimate of drug-likeness (QED) is 0.845. The average Bonchev–Trinajstić information content (AvgIpc) is 3.36. The number of halogens is 1. The average molecular weight is 384 g/mol. The lowest BCUT2D eigenvalue weighted by molar-refractivity contribution is 0.0911. The van der Waals surface area contributed by atoms with E-state index in [1.54, 1.807) is 28.9 Å². The molecule has 2 aromatic rings. The number of hydrogen-bond acceptors (Lipinski definition) is 4. The smallest absolute Gasteiger partial charge is 0.251 e. The molecule has 6 nitrogen and oxygen atoms in total. The zero-order valence-corrected chi connectivity index (χ0v) is 15.8. The molecule has 1 heterocycles. The van der Waals surface area contributed by atoms with E-state index in [2.05, 4.69) is 21.7 Å². The van der Waals surface area contributed by atoms with E-state index in [0.29, 0.717) is 16.5 Å². The molecule has 0 bridgehead atoms. The maximum absolute atomic E-state index is 12.8. The minimum atomic E-state index is -0.539. The largest absolute Gasteiger partial charge is 0.343 e. The summed E-state index contributed by atoms with van der Waals surface area (Å²) in [6.45, 7) is 0. The van der Waals surface area contributed by atoms with Crippen LogP contribution in [0.2, 0.25) is 5.02 Å². The number of hydrogen-bond donors (Lipinski definition) is 1. The van der Waals surface area contributed by atoms with E-state index in [1.807, 2.05) is 6.20 Å². The van der Waals surface area contributed by atoms with Crippen molar-refractivity contribution < 1.29 is 4.79 Å². The minimum Gasteiger partial charge on any atom is -0.343 e. The van der Waals surface area contributed by atoms with Crippen LogP contribution in [0.5, 0.6) is 0 Å². The van der Waals surface area contributed by atoms with E-state index in [1.165, 1.54) is 6.42 Å². The Morgan fingerprint density at radius 3 is 2.59 bits per heavy atom. The molecule has 2 fully saturated rings. The van der Waals surface area contributed by atoms with Crippen molar-refractivity contribution in [3.8, 4) is 6.07 Å². The van der Waals surface area contributed by atoms with Gasteiger partial charge in [0.05, 0.1) is 18.3 Å². The summed E-state index contributed by atoms with van der Waals surface area (Å²) in [6.07, 6.45) is 9.12. The van der Waals surface area contributed by atoms with Gasteiger partial charge in [0.15, 0.2) is 5.54 Å². The number of rotatable bonds is 5. The van der Waals surface area contributed by atoms with Crippen molar-refractivity contribution in [1.82, 2.24) is 20.3 Å². The second-order valence-corrected chi connectivity index (χ2v) is 8.02. The van der Waals surface area contributed by atoms with Crippen molar-refractivity contribution in [2.24, 2.45) is 5.92 Å². The molecule has 0 unspecified atom stereocenters. The summed E-state index contributed by atoms with van der Waals surface area (Å²) in [5, 5.41) is 21.7. The van der Waals surface area contributed by atoms with E-state index >= 15 is 0 Å². The van der Waals surface area contributed by atoms with Crippen molar-refractivity contribution in [3.05, 3.63) is 46.7 Å². The molecule has 0 radical (unpaired) electrons. The molecule has 1 aromatic carbocycles. The Bertz CT molecular complexity index is 859. The van der Waals surface area contributed by atoms with Crippen molar-refractivity contribution in [3.63, 3.8) is 0 Å². The molecular weight excluding hydrogens is 362 g/mol. The summed E-state index contributed by atoms with van der Waals surface area (Å²) in [5.74, 6) is 0.190. The number of nitrogens with one attached hydrogen (secondary N) is 1. The predicted octanol–water partition coefficient (Wildman–Crippen LogP) is 4.00. The molecule has 140 valence electrons. The van der Waals surface area contributed by atoms with Crippen molar-refractivity contribution in [1.29, 1.82) is 5.26 Å². The highest BCUT2D eigenvalue weighted by atomic mass is 35.5. The van der Waals surface area contributed by atoms with Crippen LogP contribution >= 0.6 is 11.6 Å². The number of carbonyl (C=O) groups is 1. The first-order valence-corrected chi connectivity index (χ1v) is 9.89. The topological polar surface area (TPSA) is 83.6 Å². The zero-order valence-electron chi connectivity index (χ0n) is 15.1. The van der Waals surface area contributed by atoms with E-state index < -0.39 is 5.54 Å². The Balaban J connectivity index is 1.58. The molecule has 2 aliphatic carbocycles. The van der Waals surface area contributed by atoms with Crippen LogP contribution in [0.1, 0.15) is 67.0 Å². The Morgan fingerprint density at radius 1 is 1.26 bits per heavy atom. The van der Waals surface area contributed by atoms with Crippen LogP contribution in [-0.4, -0.2) is 20.9 Å². The second-order valence-electron chi connectivity index (χ2n) is 7.59. The van der Waals surface area contributed by atoms with E-state index in [4.69, 9.17) is 11.6 Å². The summed E-state index contributed by atoms with van der Waals surface area (Å²) >= 11 is 5.93. The second kappa shape index (κ2) is 7.32. The fraction of sp³-hybridized carbons (Fsp3) is 0.500. The number of nitrogens with zero attached hydrogens (tertiary/aromatic N) is 4. The van der Waals surface area contributed by atoms with Gasteiger partial charge in [-0.25, -0.2) is 4.68 Å². The zero-order chi connectivity index (χ0) is 18.9. The molecule has 0 aliphatic heterocycles. The molecule has 2 saturated carbocycles. The van der Waals surface area contributed by atoms with Crippen molar-refractivity contribution in [2.75, 3.05) is 0 Å². The highest BCUT2D eigenvalue weighted by Gasteiger charge is 2.47. The molecule has 1 amide bonds. The fourth-order valence-corrected chi connectivity index (χ4v) is 3.99. The van der Waals surface area contributed by atoms with Gasteiger partial charge in [0, 0.05) is 10.6 Å². The highest BCUT2D eigenvalue weighted by molar-refractivity contribution is 6.30. The van der Waals surface area contributed by atoms with E-state index in [0.717, 1.165) is 44.2 Å². The molecule has 0 spiro atoms. The number of benzene rings is 1. The van der Waals surface area contributed by atoms with Gasteiger partial charge in [0.2, 0.25) is 0 Å². The normalized spacial score (nSPS) is 19.9. The van der Waals surface area contributed by atoms with Crippen LogP contribution in [0.3, 0.4) is 0 Å². The first-order valence-electron chi connectivity index (χ1n) is 9.52. The van der Waals surface area contributed by atoms with Gasteiger partial charge < -0.3 is 5.32 Å². The van der Waals surface area contributed by atoms with Gasteiger partial charge >= 0.3 is 0 Å². The van der Waals surface area contributed by atoms with Crippen LogP contribution < -0.4 is 5.32 Å². The van der Waals surface area contributed by atoms with Gasteiger partial charge in [-0.15, -0.1) is 5.10 Å². The van der Waals surface area contributed by atoms with Crippen LogP contribution in [-0.2, 0) is 5.54 Å². The molecule has 0 saturated heterocycles. The van der Waals surface area contributed by atoms with Gasteiger partial charge in [0.1, 0.15) is 5.69 Å². The Kier molecular flexibility index (Phi) is 4.88. The van der Waals surface area contributed by atoms with Crippen LogP contribution in [0.4, 0.5) is 0 Å². The predicted molar refractivity (Wildman–Crippen MR) is 101 cm³/mol. The lowest BCUT2D eigenvalue weighted by Crippen LogP contribution is -2.34. The summed E-state index contributed by atoms with van der Waals surface area (Å²) in [4.78, 5) is 12.8. The Morgan fingerprint density at radius 2 is 1.96 bits per heavy atom. The molecular formula is C20H22ClN5O. The Labute approximate surface area is 163 Å². The van der Waals surface area contributed by atoms with Crippen molar-refractivity contribution >= 4 is 17.5 Å². The van der Waals surface area contributed by atoms with Gasteiger partial charge in [-0.05, 0) is 55.9 Å². The minimum absolute atomic E-state index is 0.141. The van der Waals surface area contributed by atoms with E-state index in [9.17, 15) is 10.1 Å². The molecule has 2 aliphatic rings. The third-order valence-electron chi connectivity index (χ3n) is 5.71. The van der Waals surface area contributed by atoms with E-state index in [-0.39, 0.29) is 11.9 Å². The summed E-state index contributed by atoms with van der Waals surface area (Å²) in [5.41, 5.74) is 0.775. The summed E-state index contributed by atoms with van der Waals surface area (Å²) in [6, 6.07) is 9.01. The van der Waals surface area contributed by atoms with Gasteiger partial charge in [-0.1, -0.05) is 36.1 Å². The van der Waals surface area contributed by atoms with Crippen molar-refractivity contribution in [2.45, 2.75) is 56.5 Å². The highest BCUT2D eigenvalue weighted by Crippen LogP contribution is 2.43. The summed E-state index contributed by atoms with van der Waals surface area (Å²) < 4.78 is 1.67. The molecule has 27 heavy (non-hydrogen) atoms. The summed E-state index contributed by atoms with van der Waals surface area (Å²) in [7, 11) is 0. The first kappa shape index (κ1) is 18.0. The van der Waals surface area contributed by atoms with Crippen LogP contribution in [0, 0.1) is 17.2 Å². The molecule has 1 atom stereocenters. The number of amides is 1. The molecule has 1 aromatic heterocycles. The van der Waals surface area contributed by atoms with Crippen LogP contribution in [0.25, 0.3) is 0 Å². The molecule has 4 rings (SSSR count).